The van der Waals surface area contributed by atoms with Gasteiger partial charge < -0.3 is 10.6 Å². The maximum absolute atomic E-state index is 3.91. The number of unbranched alkanes of at least 4 members (excludes halogenated alkanes) is 1. The highest BCUT2D eigenvalue weighted by molar-refractivity contribution is 5.10. The SMILES string of the molecule is CCCCC(C)C1CCC2C3CCC4CC(NCCNC(C)C)CCC4(C)C3CCC12C. The predicted octanol–water partition coefficient (Wildman–Crippen LogP) is 7.43. The van der Waals surface area contributed by atoms with Crippen LogP contribution in [-0.4, -0.2) is 25.2 Å². The van der Waals surface area contributed by atoms with Crippen LogP contribution >= 0.6 is 0 Å². The van der Waals surface area contributed by atoms with Gasteiger partial charge in [-0.15, -0.1) is 0 Å². The number of nitrogens with one attached hydrogen (secondary N) is 2. The lowest BCUT2D eigenvalue weighted by Crippen LogP contribution is -2.55. The Labute approximate surface area is 200 Å². The summed E-state index contributed by atoms with van der Waals surface area (Å²) in [6.07, 6.45) is 17.8. The minimum absolute atomic E-state index is 0.600. The second-order valence-corrected chi connectivity index (χ2v) is 13.5. The van der Waals surface area contributed by atoms with Gasteiger partial charge in [0.15, 0.2) is 0 Å². The van der Waals surface area contributed by atoms with Crippen LogP contribution in [0.15, 0.2) is 0 Å². The van der Waals surface area contributed by atoms with Crippen molar-refractivity contribution in [2.24, 2.45) is 46.3 Å². The molecule has 2 heteroatoms. The van der Waals surface area contributed by atoms with Gasteiger partial charge in [0.1, 0.15) is 0 Å². The molecule has 0 bridgehead atoms. The van der Waals surface area contributed by atoms with Crippen LogP contribution in [0.5, 0.6) is 0 Å². The summed E-state index contributed by atoms with van der Waals surface area (Å²) >= 11 is 0. The molecule has 0 aromatic carbocycles. The van der Waals surface area contributed by atoms with Gasteiger partial charge in [0.2, 0.25) is 0 Å². The zero-order valence-corrected chi connectivity index (χ0v) is 22.5. The molecule has 0 saturated heterocycles. The monoisotopic (exact) mass is 444 g/mol. The Hall–Kier alpha value is -0.0800. The Morgan fingerprint density at radius 2 is 1.59 bits per heavy atom. The van der Waals surface area contributed by atoms with Crippen molar-refractivity contribution >= 4 is 0 Å². The molecule has 4 saturated carbocycles. The fourth-order valence-electron chi connectivity index (χ4n) is 9.78. The molecule has 0 aromatic rings. The van der Waals surface area contributed by atoms with Gasteiger partial charge in [0.25, 0.3) is 0 Å². The molecule has 186 valence electrons. The lowest BCUT2D eigenvalue weighted by atomic mass is 9.44. The van der Waals surface area contributed by atoms with E-state index < -0.39 is 0 Å². The van der Waals surface area contributed by atoms with Crippen molar-refractivity contribution in [3.63, 3.8) is 0 Å². The largest absolute Gasteiger partial charge is 0.313 e. The van der Waals surface area contributed by atoms with Gasteiger partial charge in [0, 0.05) is 25.2 Å². The van der Waals surface area contributed by atoms with Gasteiger partial charge in [-0.25, -0.2) is 0 Å². The van der Waals surface area contributed by atoms with Gasteiger partial charge in [0.05, 0.1) is 0 Å². The van der Waals surface area contributed by atoms with E-state index in [4.69, 9.17) is 0 Å². The first-order valence-electron chi connectivity index (χ1n) is 14.8. The summed E-state index contributed by atoms with van der Waals surface area (Å²) in [5.41, 5.74) is 1.28. The zero-order valence-electron chi connectivity index (χ0n) is 22.5. The van der Waals surface area contributed by atoms with Crippen molar-refractivity contribution in [1.82, 2.24) is 10.6 Å². The maximum atomic E-state index is 3.91. The summed E-state index contributed by atoms with van der Waals surface area (Å²) < 4.78 is 0. The first-order chi connectivity index (χ1) is 15.3. The highest BCUT2D eigenvalue weighted by Gasteiger charge is 2.60. The Morgan fingerprint density at radius 1 is 0.844 bits per heavy atom. The maximum Gasteiger partial charge on any atom is 0.00794 e. The third kappa shape index (κ3) is 4.71. The van der Waals surface area contributed by atoms with Gasteiger partial charge >= 0.3 is 0 Å². The lowest BCUT2D eigenvalue weighted by molar-refractivity contribution is -0.117. The first-order valence-corrected chi connectivity index (χ1v) is 14.8. The lowest BCUT2D eigenvalue weighted by Gasteiger charge is -2.61. The summed E-state index contributed by atoms with van der Waals surface area (Å²) in [6.45, 7) is 17.2. The molecule has 32 heavy (non-hydrogen) atoms. The van der Waals surface area contributed by atoms with Crippen molar-refractivity contribution < 1.29 is 0 Å². The molecule has 4 aliphatic carbocycles. The molecular formula is C30H56N2. The highest BCUT2D eigenvalue weighted by atomic mass is 15.0. The molecular weight excluding hydrogens is 388 g/mol. The van der Waals surface area contributed by atoms with E-state index >= 15 is 0 Å². The smallest absolute Gasteiger partial charge is 0.00794 e. The molecule has 0 radical (unpaired) electrons. The standard InChI is InChI=1S/C30H56N2/c1-7-8-9-22(4)26-12-13-27-25-11-10-23-20-24(32-19-18-31-21(2)3)14-16-29(23,5)28(25)15-17-30(26,27)6/h21-28,31-32H,7-20H2,1-6H3. The molecule has 2 nitrogen and oxygen atoms in total. The molecule has 0 spiro atoms. The van der Waals surface area contributed by atoms with Crippen molar-refractivity contribution in [3.05, 3.63) is 0 Å². The van der Waals surface area contributed by atoms with Crippen LogP contribution in [0.25, 0.3) is 0 Å². The fourth-order valence-corrected chi connectivity index (χ4v) is 9.78. The highest BCUT2D eigenvalue weighted by Crippen LogP contribution is 2.68. The van der Waals surface area contributed by atoms with Crippen LogP contribution in [0.4, 0.5) is 0 Å². The molecule has 4 rings (SSSR count). The van der Waals surface area contributed by atoms with Crippen LogP contribution < -0.4 is 10.6 Å². The third-order valence-electron chi connectivity index (χ3n) is 11.5. The normalized spacial score (nSPS) is 44.7. The van der Waals surface area contributed by atoms with Crippen LogP contribution in [-0.2, 0) is 0 Å². The number of hydrogen-bond donors (Lipinski definition) is 2. The van der Waals surface area contributed by atoms with Crippen molar-refractivity contribution in [3.8, 4) is 0 Å². The molecule has 4 fully saturated rings. The molecule has 0 aliphatic heterocycles. The van der Waals surface area contributed by atoms with E-state index in [1.807, 2.05) is 0 Å². The molecule has 9 atom stereocenters. The van der Waals surface area contributed by atoms with Gasteiger partial charge in [-0.1, -0.05) is 60.8 Å². The van der Waals surface area contributed by atoms with E-state index in [1.165, 1.54) is 64.2 Å². The average Bonchev–Trinajstić information content (AvgIpc) is 3.12. The Bertz CT molecular complexity index is 602. The summed E-state index contributed by atoms with van der Waals surface area (Å²) in [4.78, 5) is 0. The van der Waals surface area contributed by atoms with Crippen molar-refractivity contribution in [2.45, 2.75) is 131 Å². The number of rotatable bonds is 9. The van der Waals surface area contributed by atoms with Gasteiger partial charge in [-0.3, -0.25) is 0 Å². The molecule has 0 aromatic heterocycles. The zero-order chi connectivity index (χ0) is 22.9. The van der Waals surface area contributed by atoms with Crippen molar-refractivity contribution in [2.75, 3.05) is 13.1 Å². The van der Waals surface area contributed by atoms with Gasteiger partial charge in [-0.2, -0.15) is 0 Å². The predicted molar refractivity (Wildman–Crippen MR) is 139 cm³/mol. The van der Waals surface area contributed by atoms with Crippen LogP contribution in [0.2, 0.25) is 0 Å². The molecule has 4 aliphatic rings. The van der Waals surface area contributed by atoms with Crippen LogP contribution in [0, 0.1) is 46.3 Å². The molecule has 2 N–H and O–H groups in total. The topological polar surface area (TPSA) is 24.1 Å². The van der Waals surface area contributed by atoms with Crippen LogP contribution in [0.3, 0.4) is 0 Å². The molecule has 9 unspecified atom stereocenters. The van der Waals surface area contributed by atoms with Crippen LogP contribution in [0.1, 0.15) is 119 Å². The quantitative estimate of drug-likeness (QED) is 0.361. The second-order valence-electron chi connectivity index (χ2n) is 13.5. The van der Waals surface area contributed by atoms with E-state index in [-0.39, 0.29) is 0 Å². The van der Waals surface area contributed by atoms with E-state index in [2.05, 4.69) is 52.2 Å². The average molecular weight is 445 g/mol. The van der Waals surface area contributed by atoms with E-state index in [9.17, 15) is 0 Å². The second kappa shape index (κ2) is 10.3. The van der Waals surface area contributed by atoms with E-state index in [1.54, 1.807) is 12.8 Å². The van der Waals surface area contributed by atoms with E-state index in [0.29, 0.717) is 16.9 Å². The Kier molecular flexibility index (Phi) is 8.03. The number of fused-ring (bicyclic) bond motifs is 5. The minimum atomic E-state index is 0.600. The minimum Gasteiger partial charge on any atom is -0.313 e. The van der Waals surface area contributed by atoms with Gasteiger partial charge in [-0.05, 0) is 104 Å². The summed E-state index contributed by atoms with van der Waals surface area (Å²) in [7, 11) is 0. The molecule has 0 amide bonds. The fraction of sp³-hybridized carbons (Fsp3) is 1.00. The summed E-state index contributed by atoms with van der Waals surface area (Å²) in [5, 5.41) is 7.49. The molecule has 0 heterocycles. The Balaban J connectivity index is 1.37. The first kappa shape index (κ1) is 25.0. The van der Waals surface area contributed by atoms with E-state index in [0.717, 1.165) is 54.6 Å². The summed E-state index contributed by atoms with van der Waals surface area (Å²) in [5.74, 6) is 6.01. The third-order valence-corrected chi connectivity index (χ3v) is 11.5. The Morgan fingerprint density at radius 3 is 2.34 bits per heavy atom. The summed E-state index contributed by atoms with van der Waals surface area (Å²) in [6, 6.07) is 1.37. The van der Waals surface area contributed by atoms with Crippen molar-refractivity contribution in [1.29, 1.82) is 0 Å². The number of hydrogen-bond acceptors (Lipinski definition) is 2.